The zero-order valence-corrected chi connectivity index (χ0v) is 15.8. The maximum Gasteiger partial charge on any atom is 0.240 e. The predicted octanol–water partition coefficient (Wildman–Crippen LogP) is 3.08. The largest absolute Gasteiger partial charge is 0.492 e. The van der Waals surface area contributed by atoms with Crippen molar-refractivity contribution in [2.45, 2.75) is 31.8 Å². The molecule has 2 atom stereocenters. The molecule has 1 fully saturated rings. The number of carbonyl (C=O) groups is 1. The fraction of sp³-hybridized carbons (Fsp3) is 0.421. The Kier molecular flexibility index (Phi) is 6.19. The standard InChI is InChI=1S/C19H24ClN3O3/c1-13-8-9-18(26-13)15-12-16(22-21-15)19(24)23(2)10-5-11-25-17-7-4-3-6-14(17)20/h3-4,6-9,15-16,21-22H,5,10-12H2,1-2H3. The molecule has 2 aromatic rings. The van der Waals surface area contributed by atoms with Crippen molar-refractivity contribution in [3.05, 3.63) is 52.9 Å². The van der Waals surface area contributed by atoms with Crippen LogP contribution < -0.4 is 15.6 Å². The Labute approximate surface area is 158 Å². The lowest BCUT2D eigenvalue weighted by Crippen LogP contribution is -2.44. The third-order valence-electron chi connectivity index (χ3n) is 4.41. The van der Waals surface area contributed by atoms with Gasteiger partial charge in [0.15, 0.2) is 0 Å². The number of nitrogens with zero attached hydrogens (tertiary/aromatic N) is 1. The first-order valence-corrected chi connectivity index (χ1v) is 9.12. The number of hydrogen-bond donors (Lipinski definition) is 2. The van der Waals surface area contributed by atoms with Crippen LogP contribution in [0.2, 0.25) is 5.02 Å². The van der Waals surface area contributed by atoms with Gasteiger partial charge in [-0.3, -0.25) is 4.79 Å². The summed E-state index contributed by atoms with van der Waals surface area (Å²) in [5, 5.41) is 0.595. The van der Waals surface area contributed by atoms with E-state index >= 15 is 0 Å². The molecule has 1 aliphatic rings. The van der Waals surface area contributed by atoms with E-state index in [1.807, 2.05) is 44.3 Å². The Bertz CT molecular complexity index is 749. The lowest BCUT2D eigenvalue weighted by Gasteiger charge is -2.20. The number of nitrogens with one attached hydrogen (secondary N) is 2. The van der Waals surface area contributed by atoms with Crippen molar-refractivity contribution in [2.75, 3.05) is 20.2 Å². The summed E-state index contributed by atoms with van der Waals surface area (Å²) in [6, 6.07) is 11.0. The molecule has 7 heteroatoms. The van der Waals surface area contributed by atoms with Crippen LogP contribution in [0.15, 0.2) is 40.8 Å². The summed E-state index contributed by atoms with van der Waals surface area (Å²) in [6.45, 7) is 3.03. The average Bonchev–Trinajstić information content (AvgIpc) is 3.28. The number of carbonyl (C=O) groups excluding carboxylic acids is 1. The first-order valence-electron chi connectivity index (χ1n) is 8.74. The van der Waals surface area contributed by atoms with E-state index in [1.54, 1.807) is 11.0 Å². The monoisotopic (exact) mass is 377 g/mol. The molecule has 0 bridgehead atoms. The molecule has 0 spiro atoms. The molecular weight excluding hydrogens is 354 g/mol. The van der Waals surface area contributed by atoms with E-state index in [0.29, 0.717) is 30.3 Å². The van der Waals surface area contributed by atoms with Gasteiger partial charge in [-0.15, -0.1) is 0 Å². The number of hydrazine groups is 1. The Morgan fingerprint density at radius 2 is 2.12 bits per heavy atom. The van der Waals surface area contributed by atoms with E-state index in [1.165, 1.54) is 0 Å². The highest BCUT2D eigenvalue weighted by atomic mass is 35.5. The molecule has 3 rings (SSSR count). The van der Waals surface area contributed by atoms with Gasteiger partial charge in [0.05, 0.1) is 17.7 Å². The van der Waals surface area contributed by atoms with Crippen LogP contribution in [0.4, 0.5) is 0 Å². The normalized spacial score (nSPS) is 19.5. The van der Waals surface area contributed by atoms with Gasteiger partial charge in [-0.05, 0) is 44.0 Å². The Hall–Kier alpha value is -2.02. The SMILES string of the molecule is Cc1ccc(C2CC(C(=O)N(C)CCCOc3ccccc3Cl)NN2)o1. The van der Waals surface area contributed by atoms with Gasteiger partial charge < -0.3 is 14.1 Å². The summed E-state index contributed by atoms with van der Waals surface area (Å²) in [5.74, 6) is 2.44. The predicted molar refractivity (Wildman–Crippen MR) is 100 cm³/mol. The van der Waals surface area contributed by atoms with Gasteiger partial charge in [0.1, 0.15) is 23.3 Å². The van der Waals surface area contributed by atoms with Crippen LogP contribution in [-0.4, -0.2) is 37.0 Å². The average molecular weight is 378 g/mol. The molecule has 1 aliphatic heterocycles. The molecule has 2 heterocycles. The lowest BCUT2D eigenvalue weighted by atomic mass is 10.1. The van der Waals surface area contributed by atoms with Gasteiger partial charge >= 0.3 is 0 Å². The van der Waals surface area contributed by atoms with Crippen LogP contribution in [0.3, 0.4) is 0 Å². The molecule has 2 N–H and O–H groups in total. The summed E-state index contributed by atoms with van der Waals surface area (Å²) in [6.07, 6.45) is 1.39. The van der Waals surface area contributed by atoms with E-state index in [4.69, 9.17) is 20.8 Å². The van der Waals surface area contributed by atoms with Crippen molar-refractivity contribution >= 4 is 17.5 Å². The first kappa shape index (κ1) is 18.8. The fourth-order valence-corrected chi connectivity index (χ4v) is 3.16. The molecule has 1 aromatic carbocycles. The van der Waals surface area contributed by atoms with E-state index in [9.17, 15) is 4.79 Å². The molecule has 0 radical (unpaired) electrons. The highest BCUT2D eigenvalue weighted by Crippen LogP contribution is 2.25. The van der Waals surface area contributed by atoms with Crippen LogP contribution in [0.1, 0.15) is 30.4 Å². The topological polar surface area (TPSA) is 66.7 Å². The number of benzene rings is 1. The molecule has 26 heavy (non-hydrogen) atoms. The second-order valence-electron chi connectivity index (χ2n) is 6.47. The maximum absolute atomic E-state index is 12.6. The Morgan fingerprint density at radius 3 is 2.85 bits per heavy atom. The summed E-state index contributed by atoms with van der Waals surface area (Å²) in [4.78, 5) is 14.3. The number of aryl methyl sites for hydroxylation is 1. The number of halogens is 1. The van der Waals surface area contributed by atoms with Crippen LogP contribution >= 0.6 is 11.6 Å². The van der Waals surface area contributed by atoms with E-state index in [-0.39, 0.29) is 18.0 Å². The Morgan fingerprint density at radius 1 is 1.31 bits per heavy atom. The molecule has 0 saturated carbocycles. The van der Waals surface area contributed by atoms with E-state index < -0.39 is 0 Å². The van der Waals surface area contributed by atoms with Crippen LogP contribution in [-0.2, 0) is 4.79 Å². The summed E-state index contributed by atoms with van der Waals surface area (Å²) < 4.78 is 11.3. The smallest absolute Gasteiger partial charge is 0.240 e. The van der Waals surface area contributed by atoms with Gasteiger partial charge in [0.2, 0.25) is 5.91 Å². The molecule has 6 nitrogen and oxygen atoms in total. The fourth-order valence-electron chi connectivity index (χ4n) is 2.97. The van der Waals surface area contributed by atoms with Crippen LogP contribution in [0, 0.1) is 6.92 Å². The third-order valence-corrected chi connectivity index (χ3v) is 4.73. The number of rotatable bonds is 7. The van der Waals surface area contributed by atoms with E-state index in [2.05, 4.69) is 10.9 Å². The second kappa shape index (κ2) is 8.58. The van der Waals surface area contributed by atoms with E-state index in [0.717, 1.165) is 17.9 Å². The minimum absolute atomic E-state index is 0.00889. The summed E-state index contributed by atoms with van der Waals surface area (Å²) in [7, 11) is 1.81. The summed E-state index contributed by atoms with van der Waals surface area (Å²) >= 11 is 6.06. The molecule has 2 unspecified atom stereocenters. The van der Waals surface area contributed by atoms with Gasteiger partial charge in [-0.1, -0.05) is 23.7 Å². The number of ether oxygens (including phenoxy) is 1. The van der Waals surface area contributed by atoms with Crippen LogP contribution in [0.25, 0.3) is 0 Å². The number of amides is 1. The minimum Gasteiger partial charge on any atom is -0.492 e. The van der Waals surface area contributed by atoms with Gasteiger partial charge in [-0.25, -0.2) is 10.9 Å². The maximum atomic E-state index is 12.6. The van der Waals surface area contributed by atoms with Crippen molar-refractivity contribution < 1.29 is 13.9 Å². The summed E-state index contributed by atoms with van der Waals surface area (Å²) in [5.41, 5.74) is 6.21. The molecular formula is C19H24ClN3O3. The number of furan rings is 1. The first-order chi connectivity index (χ1) is 12.5. The Balaban J connectivity index is 1.41. The van der Waals surface area contributed by atoms with Gasteiger partial charge in [-0.2, -0.15) is 0 Å². The highest BCUT2D eigenvalue weighted by molar-refractivity contribution is 6.32. The minimum atomic E-state index is -0.264. The lowest BCUT2D eigenvalue weighted by molar-refractivity contribution is -0.132. The molecule has 1 saturated heterocycles. The molecule has 0 aliphatic carbocycles. The van der Waals surface area contributed by atoms with Crippen molar-refractivity contribution in [3.63, 3.8) is 0 Å². The number of para-hydroxylation sites is 1. The van der Waals surface area contributed by atoms with Crippen molar-refractivity contribution in [1.82, 2.24) is 15.8 Å². The number of likely N-dealkylation sites (N-methyl/N-ethyl adjacent to an activating group) is 1. The van der Waals surface area contributed by atoms with Gasteiger partial charge in [0, 0.05) is 13.6 Å². The number of hydrogen-bond acceptors (Lipinski definition) is 5. The molecule has 1 aromatic heterocycles. The third kappa shape index (κ3) is 4.58. The zero-order valence-electron chi connectivity index (χ0n) is 15.0. The second-order valence-corrected chi connectivity index (χ2v) is 6.88. The molecule has 140 valence electrons. The van der Waals surface area contributed by atoms with Crippen LogP contribution in [0.5, 0.6) is 5.75 Å². The van der Waals surface area contributed by atoms with Crippen molar-refractivity contribution in [1.29, 1.82) is 0 Å². The van der Waals surface area contributed by atoms with Crippen molar-refractivity contribution in [2.24, 2.45) is 0 Å². The zero-order chi connectivity index (χ0) is 18.5. The quantitative estimate of drug-likeness (QED) is 0.726. The highest BCUT2D eigenvalue weighted by Gasteiger charge is 2.33. The van der Waals surface area contributed by atoms with Gasteiger partial charge in [0.25, 0.3) is 0 Å². The molecule has 1 amide bonds. The van der Waals surface area contributed by atoms with Crippen molar-refractivity contribution in [3.8, 4) is 5.75 Å².